The zero-order chi connectivity index (χ0) is 26.1. The normalized spacial score (nSPS) is 14.9. The molecule has 1 aliphatic rings. The van der Waals surface area contributed by atoms with Gasteiger partial charge in [-0.25, -0.2) is 8.42 Å². The van der Waals surface area contributed by atoms with Crippen molar-refractivity contribution in [3.8, 4) is 5.75 Å². The lowest BCUT2D eigenvalue weighted by molar-refractivity contribution is 0.0977. The predicted molar refractivity (Wildman–Crippen MR) is 150 cm³/mol. The van der Waals surface area contributed by atoms with Gasteiger partial charge in [0.05, 0.1) is 16.0 Å². The van der Waals surface area contributed by atoms with E-state index in [1.807, 2.05) is 7.05 Å². The van der Waals surface area contributed by atoms with Crippen LogP contribution in [0.1, 0.15) is 43.0 Å². The number of carbonyl (C=O) groups excluding carboxylic acids is 1. The maximum Gasteiger partial charge on any atom is 0.257 e. The van der Waals surface area contributed by atoms with Crippen LogP contribution in [0.25, 0.3) is 0 Å². The molecular weight excluding hydrogens is 564 g/mol. The first-order valence-electron chi connectivity index (χ1n) is 12.0. The molecule has 1 saturated heterocycles. The van der Waals surface area contributed by atoms with Crippen LogP contribution in [0.5, 0.6) is 5.75 Å². The lowest BCUT2D eigenvalue weighted by atomic mass is 10.2. The minimum atomic E-state index is -3.54. The summed E-state index contributed by atoms with van der Waals surface area (Å²) in [5.41, 5.74) is 1.00. The molecule has 3 rings (SSSR count). The molecule has 0 aromatic heterocycles. The van der Waals surface area contributed by atoms with E-state index in [1.165, 1.54) is 17.1 Å². The number of hydrogen-bond donors (Lipinski definition) is 2. The van der Waals surface area contributed by atoms with Crippen LogP contribution in [-0.2, 0) is 10.0 Å². The first-order chi connectivity index (χ1) is 17.2. The van der Waals surface area contributed by atoms with Gasteiger partial charge in [-0.2, -0.15) is 4.31 Å². The molecule has 0 atom stereocenters. The van der Waals surface area contributed by atoms with Gasteiger partial charge in [-0.1, -0.05) is 26.2 Å². The van der Waals surface area contributed by atoms with Gasteiger partial charge in [0.2, 0.25) is 10.0 Å². The SMILES string of the molecule is CCCCCCOc1ccc(C(=O)NC(=S)Nc2ccc(S(=O)(=O)N3CCN(C)CC3)cc2)cc1Br. The summed E-state index contributed by atoms with van der Waals surface area (Å²) >= 11 is 8.74. The first kappa shape index (κ1) is 28.5. The second-order valence-corrected chi connectivity index (χ2v) is 11.9. The van der Waals surface area contributed by atoms with E-state index in [9.17, 15) is 13.2 Å². The van der Waals surface area contributed by atoms with E-state index in [-0.39, 0.29) is 15.9 Å². The van der Waals surface area contributed by atoms with Gasteiger partial charge in [-0.3, -0.25) is 10.1 Å². The maximum absolute atomic E-state index is 12.9. The Hall–Kier alpha value is -2.05. The highest BCUT2D eigenvalue weighted by atomic mass is 79.9. The number of rotatable bonds is 10. The Kier molecular flexibility index (Phi) is 10.7. The molecule has 2 aromatic carbocycles. The highest BCUT2D eigenvalue weighted by Gasteiger charge is 2.27. The number of unbranched alkanes of at least 4 members (excludes halogenated alkanes) is 3. The Labute approximate surface area is 227 Å². The Morgan fingerprint density at radius 1 is 1.06 bits per heavy atom. The summed E-state index contributed by atoms with van der Waals surface area (Å²) in [6, 6.07) is 11.5. The minimum absolute atomic E-state index is 0.113. The smallest absolute Gasteiger partial charge is 0.257 e. The average Bonchev–Trinajstić information content (AvgIpc) is 2.85. The molecule has 0 spiro atoms. The zero-order valence-corrected chi connectivity index (χ0v) is 23.8. The lowest BCUT2D eigenvalue weighted by Crippen LogP contribution is -2.46. The number of amides is 1. The molecule has 11 heteroatoms. The van der Waals surface area contributed by atoms with Crippen molar-refractivity contribution in [2.75, 3.05) is 45.2 Å². The van der Waals surface area contributed by atoms with Gasteiger partial charge in [0, 0.05) is 37.4 Å². The third kappa shape index (κ3) is 7.97. The van der Waals surface area contributed by atoms with E-state index in [1.54, 1.807) is 42.5 Å². The molecule has 8 nitrogen and oxygen atoms in total. The molecule has 0 bridgehead atoms. The van der Waals surface area contributed by atoms with Gasteiger partial charge in [0.25, 0.3) is 5.91 Å². The molecular formula is C25H33BrN4O4S2. The summed E-state index contributed by atoms with van der Waals surface area (Å²) in [7, 11) is -1.57. The van der Waals surface area contributed by atoms with Crippen molar-refractivity contribution in [2.45, 2.75) is 37.5 Å². The van der Waals surface area contributed by atoms with Crippen molar-refractivity contribution in [3.63, 3.8) is 0 Å². The fourth-order valence-corrected chi connectivity index (χ4v) is 5.82. The number of sulfonamides is 1. The number of halogens is 1. The number of thiocarbonyl (C=S) groups is 1. The Bertz CT molecular complexity index is 1150. The number of hydrogen-bond acceptors (Lipinski definition) is 6. The van der Waals surface area contributed by atoms with Crippen LogP contribution in [-0.4, -0.2) is 68.5 Å². The molecule has 2 aromatic rings. The number of ether oxygens (including phenoxy) is 1. The van der Waals surface area contributed by atoms with Crippen molar-refractivity contribution in [1.29, 1.82) is 0 Å². The van der Waals surface area contributed by atoms with Crippen molar-refractivity contribution in [3.05, 3.63) is 52.5 Å². The number of carbonyl (C=O) groups is 1. The van der Waals surface area contributed by atoms with Crippen molar-refractivity contribution < 1.29 is 17.9 Å². The third-order valence-corrected chi connectivity index (χ3v) is 8.63. The molecule has 0 radical (unpaired) electrons. The van der Waals surface area contributed by atoms with Crippen LogP contribution in [0, 0.1) is 0 Å². The van der Waals surface area contributed by atoms with E-state index in [2.05, 4.69) is 38.4 Å². The summed E-state index contributed by atoms with van der Waals surface area (Å²) < 4.78 is 33.7. The number of anilines is 1. The molecule has 1 amide bonds. The molecule has 0 unspecified atom stereocenters. The van der Waals surface area contributed by atoms with Gasteiger partial charge in [0.1, 0.15) is 5.75 Å². The fourth-order valence-electron chi connectivity index (χ4n) is 3.70. The van der Waals surface area contributed by atoms with Crippen molar-refractivity contribution >= 4 is 54.9 Å². The monoisotopic (exact) mass is 596 g/mol. The molecule has 36 heavy (non-hydrogen) atoms. The first-order valence-corrected chi connectivity index (χ1v) is 14.7. The maximum atomic E-state index is 12.9. The number of piperazine rings is 1. The van der Waals surface area contributed by atoms with Crippen molar-refractivity contribution in [1.82, 2.24) is 14.5 Å². The van der Waals surface area contributed by atoms with Crippen LogP contribution in [0.15, 0.2) is 51.8 Å². The highest BCUT2D eigenvalue weighted by Crippen LogP contribution is 2.26. The fraction of sp³-hybridized carbons (Fsp3) is 0.440. The quantitative estimate of drug-likeness (QED) is 0.309. The van der Waals surface area contributed by atoms with Gasteiger partial charge in [0.15, 0.2) is 5.11 Å². The largest absolute Gasteiger partial charge is 0.492 e. The number of benzene rings is 2. The third-order valence-electron chi connectivity index (χ3n) is 5.89. The number of nitrogens with one attached hydrogen (secondary N) is 2. The summed E-state index contributed by atoms with van der Waals surface area (Å²) in [5.74, 6) is 0.326. The molecule has 196 valence electrons. The van der Waals surface area contributed by atoms with Crippen LogP contribution in [0.4, 0.5) is 5.69 Å². The van der Waals surface area contributed by atoms with E-state index >= 15 is 0 Å². The molecule has 0 saturated carbocycles. The summed E-state index contributed by atoms with van der Waals surface area (Å²) in [4.78, 5) is 15.0. The Morgan fingerprint density at radius 3 is 2.39 bits per heavy atom. The molecule has 1 fully saturated rings. The average molecular weight is 598 g/mol. The Balaban J connectivity index is 1.52. The zero-order valence-electron chi connectivity index (χ0n) is 20.6. The Morgan fingerprint density at radius 2 is 1.75 bits per heavy atom. The molecule has 2 N–H and O–H groups in total. The highest BCUT2D eigenvalue weighted by molar-refractivity contribution is 9.10. The minimum Gasteiger partial charge on any atom is -0.492 e. The summed E-state index contributed by atoms with van der Waals surface area (Å²) in [6.45, 7) is 5.15. The standard InChI is InChI=1S/C25H33BrN4O4S2/c1-3-4-5-6-17-34-23-12-7-19(18-22(23)26)24(31)28-25(35)27-20-8-10-21(11-9-20)36(32,33)30-15-13-29(2)14-16-30/h7-12,18H,3-6,13-17H2,1-2H3,(H2,27,28,31,35). The van der Waals surface area contributed by atoms with Crippen molar-refractivity contribution in [2.24, 2.45) is 0 Å². The molecule has 1 aliphatic heterocycles. The van der Waals surface area contributed by atoms with E-state index < -0.39 is 10.0 Å². The van der Waals surface area contributed by atoms with E-state index in [0.717, 1.165) is 12.8 Å². The lowest BCUT2D eigenvalue weighted by Gasteiger charge is -2.31. The summed E-state index contributed by atoms with van der Waals surface area (Å²) in [5, 5.41) is 5.69. The van der Waals surface area contributed by atoms with E-state index in [4.69, 9.17) is 17.0 Å². The topological polar surface area (TPSA) is 91.0 Å². The second-order valence-electron chi connectivity index (χ2n) is 8.69. The van der Waals surface area contributed by atoms with Crippen LogP contribution in [0.3, 0.4) is 0 Å². The van der Waals surface area contributed by atoms with Gasteiger partial charge >= 0.3 is 0 Å². The van der Waals surface area contributed by atoms with Crippen LogP contribution < -0.4 is 15.4 Å². The van der Waals surface area contributed by atoms with Gasteiger partial charge in [-0.05, 0) is 84.1 Å². The van der Waals surface area contributed by atoms with Crippen LogP contribution in [0.2, 0.25) is 0 Å². The molecule has 1 heterocycles. The number of likely N-dealkylation sites (N-methyl/N-ethyl adjacent to an activating group) is 1. The summed E-state index contributed by atoms with van der Waals surface area (Å²) in [6.07, 6.45) is 4.49. The molecule has 0 aliphatic carbocycles. The van der Waals surface area contributed by atoms with Gasteiger partial charge in [-0.15, -0.1) is 0 Å². The van der Waals surface area contributed by atoms with E-state index in [0.29, 0.717) is 54.3 Å². The van der Waals surface area contributed by atoms with Gasteiger partial charge < -0.3 is 15.0 Å². The van der Waals surface area contributed by atoms with Crippen LogP contribution >= 0.6 is 28.1 Å². The predicted octanol–water partition coefficient (Wildman–Crippen LogP) is 4.47. The second kappa shape index (κ2) is 13.5. The number of nitrogens with zero attached hydrogens (tertiary/aromatic N) is 2.